The van der Waals surface area contributed by atoms with Gasteiger partial charge in [-0.2, -0.15) is 0 Å². The van der Waals surface area contributed by atoms with Gasteiger partial charge < -0.3 is 42.6 Å². The minimum absolute atomic E-state index is 0.0372. The third-order valence-corrected chi connectivity index (χ3v) is 7.12. The SMILES string of the molecule is COc1ccc(OCC(=O)c2c(OCc3ccccc3)cccc2O[C@@H]2O[C@H](COC(C)=O)[C@@H](OC(C)=O)[C@H](OC(C)=O)[C@H]2OC(C)=O)cc1. The van der Waals surface area contributed by atoms with Gasteiger partial charge in [0.2, 0.25) is 18.2 Å². The third kappa shape index (κ3) is 10.4. The average Bonchev–Trinajstić information content (AvgIpc) is 3.08. The highest BCUT2D eigenvalue weighted by atomic mass is 16.7. The Bertz CT molecular complexity index is 1640. The van der Waals surface area contributed by atoms with Gasteiger partial charge in [-0.3, -0.25) is 24.0 Å². The molecule has 14 heteroatoms. The molecule has 4 rings (SSSR count). The fraction of sp³-hybridized carbons (Fsp3) is 0.361. The maximum atomic E-state index is 13.9. The number of Topliss-reactive ketones (excluding diaryl/α,β-unsaturated/α-hetero) is 1. The van der Waals surface area contributed by atoms with E-state index in [2.05, 4.69) is 0 Å². The van der Waals surface area contributed by atoms with Crippen LogP contribution in [0.25, 0.3) is 0 Å². The predicted octanol–water partition coefficient (Wildman–Crippen LogP) is 4.00. The minimum Gasteiger partial charge on any atom is -0.497 e. The zero-order chi connectivity index (χ0) is 36.2. The van der Waals surface area contributed by atoms with Gasteiger partial charge in [0.25, 0.3) is 0 Å². The fourth-order valence-corrected chi connectivity index (χ4v) is 5.04. The lowest BCUT2D eigenvalue weighted by atomic mass is 9.98. The summed E-state index contributed by atoms with van der Waals surface area (Å²) in [5, 5.41) is 0. The number of ether oxygens (including phenoxy) is 9. The number of carbonyl (C=O) groups excluding carboxylic acids is 5. The molecule has 0 radical (unpaired) electrons. The molecule has 0 unspecified atom stereocenters. The molecule has 266 valence electrons. The number of esters is 4. The Kier molecular flexibility index (Phi) is 13.1. The molecule has 14 nitrogen and oxygen atoms in total. The molecule has 5 atom stereocenters. The largest absolute Gasteiger partial charge is 0.497 e. The van der Waals surface area contributed by atoms with Crippen LogP contribution in [0.1, 0.15) is 43.6 Å². The summed E-state index contributed by atoms with van der Waals surface area (Å²) in [7, 11) is 1.53. The van der Waals surface area contributed by atoms with E-state index >= 15 is 0 Å². The van der Waals surface area contributed by atoms with Gasteiger partial charge in [0.05, 0.1) is 7.11 Å². The van der Waals surface area contributed by atoms with Crippen molar-refractivity contribution in [2.75, 3.05) is 20.3 Å². The van der Waals surface area contributed by atoms with E-state index in [0.29, 0.717) is 11.5 Å². The van der Waals surface area contributed by atoms with Crippen molar-refractivity contribution in [3.8, 4) is 23.0 Å². The predicted molar refractivity (Wildman–Crippen MR) is 173 cm³/mol. The Morgan fingerprint density at radius 3 is 1.86 bits per heavy atom. The molecular formula is C36H38O14. The van der Waals surface area contributed by atoms with Gasteiger partial charge in [0.15, 0.2) is 18.8 Å². The first-order valence-corrected chi connectivity index (χ1v) is 15.5. The summed E-state index contributed by atoms with van der Waals surface area (Å²) in [5.41, 5.74) is 0.788. The maximum Gasteiger partial charge on any atom is 0.303 e. The van der Waals surface area contributed by atoms with Crippen molar-refractivity contribution in [3.63, 3.8) is 0 Å². The Morgan fingerprint density at radius 2 is 1.24 bits per heavy atom. The monoisotopic (exact) mass is 694 g/mol. The van der Waals surface area contributed by atoms with Crippen molar-refractivity contribution in [2.24, 2.45) is 0 Å². The van der Waals surface area contributed by atoms with Crippen molar-refractivity contribution >= 4 is 29.7 Å². The van der Waals surface area contributed by atoms with Crippen molar-refractivity contribution < 1.29 is 66.6 Å². The van der Waals surface area contributed by atoms with Crippen LogP contribution in [0.3, 0.4) is 0 Å². The van der Waals surface area contributed by atoms with Gasteiger partial charge in [0, 0.05) is 27.7 Å². The second-order valence-corrected chi connectivity index (χ2v) is 11.0. The van der Waals surface area contributed by atoms with Crippen molar-refractivity contribution in [1.29, 1.82) is 0 Å². The summed E-state index contributed by atoms with van der Waals surface area (Å²) in [5.74, 6) is -2.56. The van der Waals surface area contributed by atoms with Crippen molar-refractivity contribution in [2.45, 2.75) is 65.0 Å². The van der Waals surface area contributed by atoms with Crippen LogP contribution in [-0.2, 0) is 49.5 Å². The lowest BCUT2D eigenvalue weighted by molar-refractivity contribution is -0.288. The van der Waals surface area contributed by atoms with E-state index in [-0.39, 0.29) is 23.7 Å². The van der Waals surface area contributed by atoms with Crippen LogP contribution < -0.4 is 18.9 Å². The first kappa shape index (κ1) is 37.2. The van der Waals surface area contributed by atoms with Crippen molar-refractivity contribution in [3.05, 3.63) is 83.9 Å². The van der Waals surface area contributed by atoms with Gasteiger partial charge >= 0.3 is 23.9 Å². The molecular weight excluding hydrogens is 656 g/mol. The molecule has 0 spiro atoms. The Balaban J connectivity index is 1.73. The Hall–Kier alpha value is -5.63. The molecule has 0 saturated carbocycles. The molecule has 0 aromatic heterocycles. The van der Waals surface area contributed by atoms with Crippen LogP contribution in [0, 0.1) is 0 Å². The number of hydrogen-bond acceptors (Lipinski definition) is 14. The van der Waals surface area contributed by atoms with Gasteiger partial charge in [0.1, 0.15) is 47.9 Å². The molecule has 1 fully saturated rings. The van der Waals surface area contributed by atoms with Crippen LogP contribution in [0.2, 0.25) is 0 Å². The van der Waals surface area contributed by atoms with Gasteiger partial charge in [-0.15, -0.1) is 0 Å². The number of carbonyl (C=O) groups is 5. The van der Waals surface area contributed by atoms with Gasteiger partial charge in [-0.05, 0) is 42.0 Å². The van der Waals surface area contributed by atoms with Crippen LogP contribution in [0.4, 0.5) is 0 Å². The molecule has 3 aromatic carbocycles. The molecule has 1 saturated heterocycles. The third-order valence-electron chi connectivity index (χ3n) is 7.12. The standard InChI is InChI=1S/C36H38O14/c1-21(37)43-20-31-33(46-22(2)38)34(47-23(3)39)35(48-24(4)40)36(50-31)49-30-13-9-12-29(45-18-25-10-7-6-8-11-25)32(30)28(41)19-44-27-16-14-26(42-5)15-17-27/h6-17,31,33-36H,18-20H2,1-5H3/t31-,33-,34+,35-,36-/m1/s1. The van der Waals surface area contributed by atoms with E-state index in [1.54, 1.807) is 36.4 Å². The molecule has 1 aliphatic heterocycles. The lowest BCUT2D eigenvalue weighted by Crippen LogP contribution is -2.63. The number of methoxy groups -OCH3 is 1. The molecule has 0 amide bonds. The Morgan fingerprint density at radius 1 is 0.640 bits per heavy atom. The van der Waals surface area contributed by atoms with E-state index in [9.17, 15) is 24.0 Å². The molecule has 0 aliphatic carbocycles. The summed E-state index contributed by atoms with van der Waals surface area (Å²) >= 11 is 0. The summed E-state index contributed by atoms with van der Waals surface area (Å²) in [6.45, 7) is 3.70. The summed E-state index contributed by atoms with van der Waals surface area (Å²) < 4.78 is 51.0. The molecule has 0 bridgehead atoms. The second-order valence-electron chi connectivity index (χ2n) is 11.0. The van der Waals surface area contributed by atoms with E-state index in [1.807, 2.05) is 30.3 Å². The average molecular weight is 695 g/mol. The van der Waals surface area contributed by atoms with E-state index in [1.165, 1.54) is 13.2 Å². The molecule has 1 heterocycles. The quantitative estimate of drug-likeness (QED) is 0.127. The highest BCUT2D eigenvalue weighted by Gasteiger charge is 2.53. The maximum absolute atomic E-state index is 13.9. The lowest BCUT2D eigenvalue weighted by Gasteiger charge is -2.44. The van der Waals surface area contributed by atoms with Crippen LogP contribution >= 0.6 is 0 Å². The minimum atomic E-state index is -1.59. The second kappa shape index (κ2) is 17.7. The number of rotatable bonds is 15. The molecule has 3 aromatic rings. The van der Waals surface area contributed by atoms with Crippen LogP contribution in [0.15, 0.2) is 72.8 Å². The zero-order valence-electron chi connectivity index (χ0n) is 28.2. The number of benzene rings is 3. The molecule has 1 aliphatic rings. The van der Waals surface area contributed by atoms with E-state index in [4.69, 9.17) is 42.6 Å². The normalized spacial score (nSPS) is 19.7. The Labute approximate surface area is 288 Å². The van der Waals surface area contributed by atoms with Crippen LogP contribution in [0.5, 0.6) is 23.0 Å². The molecule has 0 N–H and O–H groups in total. The summed E-state index contributed by atoms with van der Waals surface area (Å²) in [6, 6.07) is 20.5. The number of ketones is 1. The zero-order valence-corrected chi connectivity index (χ0v) is 28.2. The summed E-state index contributed by atoms with van der Waals surface area (Å²) in [6.07, 6.45) is -7.25. The fourth-order valence-electron chi connectivity index (χ4n) is 5.04. The smallest absolute Gasteiger partial charge is 0.303 e. The summed E-state index contributed by atoms with van der Waals surface area (Å²) in [4.78, 5) is 62.3. The van der Waals surface area contributed by atoms with Crippen molar-refractivity contribution in [1.82, 2.24) is 0 Å². The highest BCUT2D eigenvalue weighted by Crippen LogP contribution is 2.35. The first-order valence-electron chi connectivity index (χ1n) is 15.5. The highest BCUT2D eigenvalue weighted by molar-refractivity contribution is 6.02. The van der Waals surface area contributed by atoms with Gasteiger partial charge in [-0.1, -0.05) is 36.4 Å². The van der Waals surface area contributed by atoms with Gasteiger partial charge in [-0.25, -0.2) is 0 Å². The van der Waals surface area contributed by atoms with E-state index < -0.39 is 73.6 Å². The first-order chi connectivity index (χ1) is 23.9. The molecule has 50 heavy (non-hydrogen) atoms. The topological polar surface area (TPSA) is 168 Å². The van der Waals surface area contributed by atoms with Crippen LogP contribution in [-0.4, -0.2) is 80.7 Å². The number of hydrogen-bond donors (Lipinski definition) is 0. The van der Waals surface area contributed by atoms with E-state index in [0.717, 1.165) is 33.3 Å².